The molecule has 0 heterocycles. The molecule has 0 spiro atoms. The van der Waals surface area contributed by atoms with Gasteiger partial charge in [0.05, 0.1) is 0 Å². The molecular formula is C19H31N. The van der Waals surface area contributed by atoms with Crippen molar-refractivity contribution in [1.29, 1.82) is 0 Å². The van der Waals surface area contributed by atoms with E-state index in [1.54, 1.807) is 5.56 Å². The molecule has 1 aromatic rings. The van der Waals surface area contributed by atoms with Gasteiger partial charge in [0.2, 0.25) is 0 Å². The van der Waals surface area contributed by atoms with E-state index in [4.69, 9.17) is 0 Å². The molecule has 112 valence electrons. The average molecular weight is 273 g/mol. The van der Waals surface area contributed by atoms with E-state index in [0.717, 1.165) is 25.3 Å². The molecule has 20 heavy (non-hydrogen) atoms. The SMILES string of the molecule is CCCNC(CC1CCC1)c1ccc(CC)c(CC)c1. The third kappa shape index (κ3) is 3.85. The van der Waals surface area contributed by atoms with Crippen LogP contribution in [0.2, 0.25) is 0 Å². The maximum atomic E-state index is 3.77. The van der Waals surface area contributed by atoms with Crippen LogP contribution in [0.1, 0.15) is 75.6 Å². The topological polar surface area (TPSA) is 12.0 Å². The van der Waals surface area contributed by atoms with Crippen molar-refractivity contribution in [3.05, 3.63) is 34.9 Å². The highest BCUT2D eigenvalue weighted by Gasteiger charge is 2.23. The number of nitrogens with one attached hydrogen (secondary N) is 1. The molecule has 1 heteroatoms. The second kappa shape index (κ2) is 7.83. The standard InChI is InChI=1S/C19H31N/c1-4-12-20-19(13-15-8-7-9-15)18-11-10-16(5-2)17(6-3)14-18/h10-11,14-15,19-20H,4-9,12-13H2,1-3H3. The Kier molecular flexibility index (Phi) is 6.09. The molecule has 0 aliphatic heterocycles. The zero-order valence-corrected chi connectivity index (χ0v) is 13.5. The lowest BCUT2D eigenvalue weighted by molar-refractivity contribution is 0.261. The predicted octanol–water partition coefficient (Wildman–Crippen LogP) is 5.04. The molecule has 1 aliphatic rings. The normalized spacial score (nSPS) is 16.9. The summed E-state index contributed by atoms with van der Waals surface area (Å²) < 4.78 is 0. The highest BCUT2D eigenvalue weighted by molar-refractivity contribution is 5.34. The molecule has 0 amide bonds. The van der Waals surface area contributed by atoms with Crippen LogP contribution < -0.4 is 5.32 Å². The van der Waals surface area contributed by atoms with Gasteiger partial charge in [-0.05, 0) is 54.8 Å². The zero-order chi connectivity index (χ0) is 14.4. The van der Waals surface area contributed by atoms with E-state index in [9.17, 15) is 0 Å². The molecule has 0 saturated heterocycles. The summed E-state index contributed by atoms with van der Waals surface area (Å²) in [5.74, 6) is 0.959. The van der Waals surface area contributed by atoms with Gasteiger partial charge in [-0.15, -0.1) is 0 Å². The highest BCUT2D eigenvalue weighted by atomic mass is 14.9. The molecule has 0 aromatic heterocycles. The van der Waals surface area contributed by atoms with Crippen molar-refractivity contribution >= 4 is 0 Å². The second-order valence-corrected chi connectivity index (χ2v) is 6.27. The molecule has 2 rings (SSSR count). The van der Waals surface area contributed by atoms with Gasteiger partial charge < -0.3 is 5.32 Å². The van der Waals surface area contributed by atoms with Crippen molar-refractivity contribution in [3.8, 4) is 0 Å². The van der Waals surface area contributed by atoms with Gasteiger partial charge in [0.25, 0.3) is 0 Å². The molecule has 1 nitrogen and oxygen atoms in total. The number of rotatable bonds is 8. The van der Waals surface area contributed by atoms with Crippen molar-refractivity contribution in [3.63, 3.8) is 0 Å². The van der Waals surface area contributed by atoms with E-state index in [-0.39, 0.29) is 0 Å². The maximum absolute atomic E-state index is 3.77. The first-order valence-corrected chi connectivity index (χ1v) is 8.63. The van der Waals surface area contributed by atoms with Gasteiger partial charge in [-0.1, -0.05) is 58.2 Å². The summed E-state index contributed by atoms with van der Waals surface area (Å²) in [5.41, 5.74) is 4.58. The first-order chi connectivity index (χ1) is 9.78. The van der Waals surface area contributed by atoms with Gasteiger partial charge in [-0.2, -0.15) is 0 Å². The molecule has 1 N–H and O–H groups in total. The van der Waals surface area contributed by atoms with Gasteiger partial charge in [-0.25, -0.2) is 0 Å². The van der Waals surface area contributed by atoms with Crippen molar-refractivity contribution in [2.45, 2.75) is 71.8 Å². The molecule has 1 aromatic carbocycles. The monoisotopic (exact) mass is 273 g/mol. The molecule has 0 bridgehead atoms. The number of hydrogen-bond donors (Lipinski definition) is 1. The minimum absolute atomic E-state index is 0.566. The lowest BCUT2D eigenvalue weighted by Gasteiger charge is -2.31. The van der Waals surface area contributed by atoms with Crippen LogP contribution in [-0.2, 0) is 12.8 Å². The zero-order valence-electron chi connectivity index (χ0n) is 13.5. The lowest BCUT2D eigenvalue weighted by Crippen LogP contribution is -2.26. The summed E-state index contributed by atoms with van der Waals surface area (Å²) in [4.78, 5) is 0. The van der Waals surface area contributed by atoms with Crippen LogP contribution in [-0.4, -0.2) is 6.54 Å². The minimum atomic E-state index is 0.566. The molecule has 1 aliphatic carbocycles. The van der Waals surface area contributed by atoms with Crippen LogP contribution in [0, 0.1) is 5.92 Å². The van der Waals surface area contributed by atoms with Crippen molar-refractivity contribution < 1.29 is 0 Å². The van der Waals surface area contributed by atoms with E-state index in [0.29, 0.717) is 6.04 Å². The maximum Gasteiger partial charge on any atom is 0.0322 e. The van der Waals surface area contributed by atoms with Crippen LogP contribution >= 0.6 is 0 Å². The number of benzene rings is 1. The van der Waals surface area contributed by atoms with Crippen LogP contribution in [0.4, 0.5) is 0 Å². The van der Waals surface area contributed by atoms with Gasteiger partial charge >= 0.3 is 0 Å². The molecule has 1 unspecified atom stereocenters. The fraction of sp³-hybridized carbons (Fsp3) is 0.684. The first-order valence-electron chi connectivity index (χ1n) is 8.63. The molecule has 0 radical (unpaired) electrons. The van der Waals surface area contributed by atoms with E-state index in [1.807, 2.05) is 0 Å². The Morgan fingerprint density at radius 2 is 1.85 bits per heavy atom. The second-order valence-electron chi connectivity index (χ2n) is 6.27. The Morgan fingerprint density at radius 1 is 1.10 bits per heavy atom. The van der Waals surface area contributed by atoms with Crippen LogP contribution in [0.3, 0.4) is 0 Å². The minimum Gasteiger partial charge on any atom is -0.310 e. The lowest BCUT2D eigenvalue weighted by atomic mass is 9.79. The number of hydrogen-bond acceptors (Lipinski definition) is 1. The summed E-state index contributed by atoms with van der Waals surface area (Å²) >= 11 is 0. The molecule has 1 atom stereocenters. The van der Waals surface area contributed by atoms with Crippen LogP contribution in [0.5, 0.6) is 0 Å². The quantitative estimate of drug-likeness (QED) is 0.699. The van der Waals surface area contributed by atoms with E-state index in [2.05, 4.69) is 44.3 Å². The summed E-state index contributed by atoms with van der Waals surface area (Å²) in [5, 5.41) is 3.77. The van der Waals surface area contributed by atoms with E-state index >= 15 is 0 Å². The van der Waals surface area contributed by atoms with Gasteiger partial charge in [0.1, 0.15) is 0 Å². The molecular weight excluding hydrogens is 242 g/mol. The third-order valence-corrected chi connectivity index (χ3v) is 4.83. The summed E-state index contributed by atoms with van der Waals surface area (Å²) in [6.07, 6.45) is 9.18. The molecule has 1 fully saturated rings. The highest BCUT2D eigenvalue weighted by Crippen LogP contribution is 2.35. The summed E-state index contributed by atoms with van der Waals surface area (Å²) in [7, 11) is 0. The number of aryl methyl sites for hydroxylation is 2. The Labute approximate surface area is 125 Å². The Bertz CT molecular complexity index is 406. The third-order valence-electron chi connectivity index (χ3n) is 4.83. The Balaban J connectivity index is 2.13. The summed E-state index contributed by atoms with van der Waals surface area (Å²) in [6.45, 7) is 7.92. The molecule has 1 saturated carbocycles. The first kappa shape index (κ1) is 15.6. The van der Waals surface area contributed by atoms with Crippen LogP contribution in [0.25, 0.3) is 0 Å². The Morgan fingerprint density at radius 3 is 2.40 bits per heavy atom. The van der Waals surface area contributed by atoms with Gasteiger partial charge in [-0.3, -0.25) is 0 Å². The largest absolute Gasteiger partial charge is 0.310 e. The Hall–Kier alpha value is -0.820. The average Bonchev–Trinajstić information content (AvgIpc) is 2.45. The van der Waals surface area contributed by atoms with Crippen LogP contribution in [0.15, 0.2) is 18.2 Å². The van der Waals surface area contributed by atoms with Gasteiger partial charge in [0, 0.05) is 6.04 Å². The van der Waals surface area contributed by atoms with Crippen molar-refractivity contribution in [2.24, 2.45) is 5.92 Å². The van der Waals surface area contributed by atoms with Crippen molar-refractivity contribution in [2.75, 3.05) is 6.54 Å². The summed E-state index contributed by atoms with van der Waals surface area (Å²) in [6, 6.07) is 7.75. The fourth-order valence-corrected chi connectivity index (χ4v) is 3.25. The fourth-order valence-electron chi connectivity index (χ4n) is 3.25. The van der Waals surface area contributed by atoms with E-state index in [1.165, 1.54) is 43.2 Å². The van der Waals surface area contributed by atoms with Gasteiger partial charge in [0.15, 0.2) is 0 Å². The predicted molar refractivity (Wildman–Crippen MR) is 88.2 cm³/mol. The smallest absolute Gasteiger partial charge is 0.0322 e. The van der Waals surface area contributed by atoms with E-state index < -0.39 is 0 Å². The van der Waals surface area contributed by atoms with Crippen molar-refractivity contribution in [1.82, 2.24) is 5.32 Å².